The summed E-state index contributed by atoms with van der Waals surface area (Å²) < 4.78 is 0. The number of piperidine rings is 1. The Balaban J connectivity index is 1.43. The molecule has 0 radical (unpaired) electrons. The SMILES string of the molecule is Cc1ccc([C@H]2CC(c3cc(Cl)ccc3O)=NC3(CCN(Cc4ccccc4)CC3)N2)cc1. The smallest absolute Gasteiger partial charge is 0.124 e. The van der Waals surface area contributed by atoms with Crippen molar-refractivity contribution in [1.82, 2.24) is 10.2 Å². The number of hydrogen-bond donors (Lipinski definition) is 2. The van der Waals surface area contributed by atoms with Crippen molar-refractivity contribution in [3.05, 3.63) is 100 Å². The number of hydrogen-bond acceptors (Lipinski definition) is 4. The third kappa shape index (κ3) is 4.98. The third-order valence-corrected chi connectivity index (χ3v) is 7.11. The molecule has 5 rings (SSSR count). The highest BCUT2D eigenvalue weighted by molar-refractivity contribution is 6.31. The lowest BCUT2D eigenvalue weighted by molar-refractivity contribution is 0.120. The molecule has 0 aromatic heterocycles. The van der Waals surface area contributed by atoms with Gasteiger partial charge in [0.2, 0.25) is 0 Å². The summed E-state index contributed by atoms with van der Waals surface area (Å²) in [5, 5.41) is 15.1. The van der Waals surface area contributed by atoms with E-state index in [1.807, 2.05) is 6.07 Å². The average Bonchev–Trinajstić information content (AvgIpc) is 2.83. The van der Waals surface area contributed by atoms with Crippen LogP contribution in [0, 0.1) is 6.92 Å². The van der Waals surface area contributed by atoms with Gasteiger partial charge in [0.1, 0.15) is 11.4 Å². The molecular formula is C28H30ClN3O. The maximum atomic E-state index is 10.6. The van der Waals surface area contributed by atoms with Gasteiger partial charge in [-0.3, -0.25) is 15.2 Å². The first-order chi connectivity index (χ1) is 16.0. The molecule has 0 amide bonds. The Kier molecular flexibility index (Phi) is 6.24. The number of rotatable bonds is 4. The lowest BCUT2D eigenvalue weighted by Gasteiger charge is -2.45. The molecular weight excluding hydrogens is 430 g/mol. The Hall–Kier alpha value is -2.66. The van der Waals surface area contributed by atoms with Gasteiger partial charge in [0.25, 0.3) is 0 Å². The number of likely N-dealkylation sites (tertiary alicyclic amines) is 1. The third-order valence-electron chi connectivity index (χ3n) is 6.87. The van der Waals surface area contributed by atoms with Crippen molar-refractivity contribution in [3.63, 3.8) is 0 Å². The average molecular weight is 460 g/mol. The molecule has 1 saturated heterocycles. The van der Waals surface area contributed by atoms with Crippen LogP contribution >= 0.6 is 11.6 Å². The highest BCUT2D eigenvalue weighted by atomic mass is 35.5. The largest absolute Gasteiger partial charge is 0.507 e. The zero-order valence-corrected chi connectivity index (χ0v) is 19.7. The molecule has 33 heavy (non-hydrogen) atoms. The monoisotopic (exact) mass is 459 g/mol. The number of aromatic hydroxyl groups is 1. The number of aryl methyl sites for hydroxylation is 1. The van der Waals surface area contributed by atoms with Gasteiger partial charge in [0, 0.05) is 48.4 Å². The highest BCUT2D eigenvalue weighted by Crippen LogP contribution is 2.37. The summed E-state index contributed by atoms with van der Waals surface area (Å²) in [6.07, 6.45) is 2.56. The van der Waals surface area contributed by atoms with Gasteiger partial charge >= 0.3 is 0 Å². The zero-order chi connectivity index (χ0) is 22.8. The Morgan fingerprint density at radius 3 is 2.48 bits per heavy atom. The number of halogens is 1. The predicted molar refractivity (Wildman–Crippen MR) is 135 cm³/mol. The van der Waals surface area contributed by atoms with Crippen molar-refractivity contribution in [2.24, 2.45) is 4.99 Å². The summed E-state index contributed by atoms with van der Waals surface area (Å²) in [5.41, 5.74) is 5.17. The lowest BCUT2D eigenvalue weighted by Crippen LogP contribution is -2.55. The summed E-state index contributed by atoms with van der Waals surface area (Å²) >= 11 is 6.29. The van der Waals surface area contributed by atoms with Crippen LogP contribution in [0.4, 0.5) is 0 Å². The van der Waals surface area contributed by atoms with E-state index in [1.54, 1.807) is 12.1 Å². The van der Waals surface area contributed by atoms with Crippen LogP contribution in [0.15, 0.2) is 77.8 Å². The minimum atomic E-state index is -0.342. The quantitative estimate of drug-likeness (QED) is 0.513. The molecule has 1 fully saturated rings. The number of benzene rings is 3. The number of phenols is 1. The van der Waals surface area contributed by atoms with E-state index in [-0.39, 0.29) is 17.5 Å². The van der Waals surface area contributed by atoms with Crippen molar-refractivity contribution in [2.45, 2.75) is 44.4 Å². The van der Waals surface area contributed by atoms with Gasteiger partial charge in [0.15, 0.2) is 0 Å². The van der Waals surface area contributed by atoms with Gasteiger partial charge in [-0.15, -0.1) is 0 Å². The molecule has 5 heteroatoms. The fourth-order valence-electron chi connectivity index (χ4n) is 4.99. The van der Waals surface area contributed by atoms with Crippen molar-refractivity contribution in [1.29, 1.82) is 0 Å². The Morgan fingerprint density at radius 1 is 1.03 bits per heavy atom. The van der Waals surface area contributed by atoms with Crippen LogP contribution in [0.3, 0.4) is 0 Å². The van der Waals surface area contributed by atoms with E-state index in [0.29, 0.717) is 11.4 Å². The van der Waals surface area contributed by atoms with Crippen molar-refractivity contribution in [3.8, 4) is 5.75 Å². The molecule has 1 spiro atoms. The second-order valence-corrected chi connectivity index (χ2v) is 9.76. The fraction of sp³-hybridized carbons (Fsp3) is 0.321. The summed E-state index contributed by atoms with van der Waals surface area (Å²) in [6, 6.07) is 24.7. The van der Waals surface area contributed by atoms with E-state index in [0.717, 1.165) is 43.8 Å². The van der Waals surface area contributed by atoms with E-state index in [1.165, 1.54) is 16.7 Å². The molecule has 2 heterocycles. The van der Waals surface area contributed by atoms with Gasteiger partial charge < -0.3 is 5.11 Å². The number of nitrogens with zero attached hydrogens (tertiary/aromatic N) is 2. The summed E-state index contributed by atoms with van der Waals surface area (Å²) in [6.45, 7) is 5.02. The highest BCUT2D eigenvalue weighted by Gasteiger charge is 2.40. The molecule has 0 aliphatic carbocycles. The molecule has 3 aromatic rings. The maximum absolute atomic E-state index is 10.6. The molecule has 1 atom stereocenters. The summed E-state index contributed by atoms with van der Waals surface area (Å²) in [4.78, 5) is 7.74. The van der Waals surface area contributed by atoms with Crippen molar-refractivity contribution in [2.75, 3.05) is 13.1 Å². The molecule has 4 nitrogen and oxygen atoms in total. The van der Waals surface area contributed by atoms with Crippen LogP contribution in [-0.4, -0.2) is 34.5 Å². The molecule has 2 aliphatic heterocycles. The van der Waals surface area contributed by atoms with Gasteiger partial charge in [-0.05, 0) is 49.1 Å². The van der Waals surface area contributed by atoms with Crippen LogP contribution in [0.25, 0.3) is 0 Å². The van der Waals surface area contributed by atoms with Crippen LogP contribution < -0.4 is 5.32 Å². The van der Waals surface area contributed by atoms with Crippen LogP contribution in [-0.2, 0) is 6.54 Å². The second kappa shape index (κ2) is 9.30. The van der Waals surface area contributed by atoms with Crippen molar-refractivity contribution < 1.29 is 5.11 Å². The molecule has 2 aliphatic rings. The molecule has 0 saturated carbocycles. The van der Waals surface area contributed by atoms with Gasteiger partial charge in [-0.1, -0.05) is 71.8 Å². The molecule has 0 unspecified atom stereocenters. The minimum absolute atomic E-state index is 0.136. The fourth-order valence-corrected chi connectivity index (χ4v) is 5.17. The summed E-state index contributed by atoms with van der Waals surface area (Å²) in [7, 11) is 0. The van der Waals surface area contributed by atoms with Crippen LogP contribution in [0.2, 0.25) is 5.02 Å². The normalized spacial score (nSPS) is 20.5. The van der Waals surface area contributed by atoms with E-state index >= 15 is 0 Å². The van der Waals surface area contributed by atoms with Crippen LogP contribution in [0.5, 0.6) is 5.75 Å². The Morgan fingerprint density at radius 2 is 1.76 bits per heavy atom. The molecule has 170 valence electrons. The first kappa shape index (κ1) is 22.1. The molecule has 3 aromatic carbocycles. The topological polar surface area (TPSA) is 47.9 Å². The zero-order valence-electron chi connectivity index (χ0n) is 19.0. The van der Waals surface area contributed by atoms with Gasteiger partial charge in [-0.2, -0.15) is 0 Å². The van der Waals surface area contributed by atoms with Gasteiger partial charge in [0.05, 0.1) is 0 Å². The lowest BCUT2D eigenvalue weighted by atomic mass is 9.87. The number of phenolic OH excluding ortho intramolecular Hbond substituents is 1. The van der Waals surface area contributed by atoms with Gasteiger partial charge in [-0.25, -0.2) is 0 Å². The van der Waals surface area contributed by atoms with E-state index < -0.39 is 0 Å². The van der Waals surface area contributed by atoms with Crippen LogP contribution in [0.1, 0.15) is 47.6 Å². The minimum Gasteiger partial charge on any atom is -0.507 e. The molecule has 2 N–H and O–H groups in total. The first-order valence-corrected chi connectivity index (χ1v) is 12.1. The van der Waals surface area contributed by atoms with Crippen molar-refractivity contribution >= 4 is 17.3 Å². The maximum Gasteiger partial charge on any atom is 0.124 e. The number of aliphatic imine (C=N–C) groups is 1. The molecule has 0 bridgehead atoms. The Bertz CT molecular complexity index is 1140. The predicted octanol–water partition coefficient (Wildman–Crippen LogP) is 5.87. The first-order valence-electron chi connectivity index (χ1n) is 11.7. The standard InChI is InChI=1S/C28H30ClN3O/c1-20-7-9-22(10-8-20)25-18-26(24-17-23(29)11-12-27(24)33)31-28(30-25)13-15-32(16-14-28)19-21-5-3-2-4-6-21/h2-12,17,25,30,33H,13-16,18-19H2,1H3/t25-/m1/s1. The van der Waals surface area contributed by atoms with E-state index in [2.05, 4.69) is 71.7 Å². The summed E-state index contributed by atoms with van der Waals surface area (Å²) in [5.74, 6) is 0.236. The van der Waals surface area contributed by atoms with E-state index in [9.17, 15) is 5.11 Å². The Labute approximate surface area is 200 Å². The number of nitrogens with one attached hydrogen (secondary N) is 1. The second-order valence-electron chi connectivity index (χ2n) is 9.33. The van der Waals surface area contributed by atoms with E-state index in [4.69, 9.17) is 16.6 Å².